The molecule has 0 saturated heterocycles. The van der Waals surface area contributed by atoms with Crippen molar-refractivity contribution in [1.29, 1.82) is 0 Å². The number of fused-ring (bicyclic) bond motifs is 1. The van der Waals surface area contributed by atoms with E-state index in [1.54, 1.807) is 0 Å². The number of hydrogen-bond donors (Lipinski definition) is 2. The van der Waals surface area contributed by atoms with E-state index in [0.29, 0.717) is 12.3 Å². The molecule has 3 nitrogen and oxygen atoms in total. The standard InChI is InChI=1S/C12H13F2NO2/c13-12(14)10(16)7-15-6-9-5-8-3-1-2-4-11(8)17-9/h1-5,10,12,15-16H,6-7H2. The first-order valence-corrected chi connectivity index (χ1v) is 5.31. The molecule has 0 amide bonds. The van der Waals surface area contributed by atoms with Crippen molar-refractivity contribution in [2.45, 2.75) is 19.1 Å². The maximum Gasteiger partial charge on any atom is 0.265 e. The van der Waals surface area contributed by atoms with Gasteiger partial charge >= 0.3 is 0 Å². The second-order valence-electron chi connectivity index (χ2n) is 3.78. The number of furan rings is 1. The van der Waals surface area contributed by atoms with Crippen LogP contribution < -0.4 is 5.32 Å². The van der Waals surface area contributed by atoms with Crippen LogP contribution in [-0.4, -0.2) is 24.2 Å². The number of nitrogens with one attached hydrogen (secondary N) is 1. The van der Waals surface area contributed by atoms with Gasteiger partial charge in [0.15, 0.2) is 0 Å². The maximum atomic E-state index is 12.0. The summed E-state index contributed by atoms with van der Waals surface area (Å²) in [6.07, 6.45) is -4.36. The highest BCUT2D eigenvalue weighted by atomic mass is 19.3. The van der Waals surface area contributed by atoms with E-state index in [4.69, 9.17) is 9.52 Å². The van der Waals surface area contributed by atoms with Crippen molar-refractivity contribution in [2.24, 2.45) is 0 Å². The molecular weight excluding hydrogens is 228 g/mol. The van der Waals surface area contributed by atoms with E-state index in [1.165, 1.54) is 0 Å². The van der Waals surface area contributed by atoms with Crippen molar-refractivity contribution in [3.05, 3.63) is 36.1 Å². The van der Waals surface area contributed by atoms with E-state index in [0.717, 1.165) is 11.0 Å². The Hall–Kier alpha value is -1.46. The van der Waals surface area contributed by atoms with Crippen LogP contribution in [0.3, 0.4) is 0 Å². The van der Waals surface area contributed by atoms with Gasteiger partial charge in [0.05, 0.1) is 6.54 Å². The van der Waals surface area contributed by atoms with Crippen LogP contribution in [-0.2, 0) is 6.54 Å². The van der Waals surface area contributed by atoms with Crippen LogP contribution >= 0.6 is 0 Å². The molecule has 2 aromatic rings. The normalized spacial score (nSPS) is 13.4. The number of hydrogen-bond acceptors (Lipinski definition) is 3. The molecule has 92 valence electrons. The van der Waals surface area contributed by atoms with Crippen molar-refractivity contribution in [2.75, 3.05) is 6.54 Å². The minimum Gasteiger partial charge on any atom is -0.460 e. The molecule has 0 bridgehead atoms. The Kier molecular flexibility index (Phi) is 3.71. The predicted molar refractivity (Wildman–Crippen MR) is 59.9 cm³/mol. The zero-order valence-electron chi connectivity index (χ0n) is 9.07. The second kappa shape index (κ2) is 5.25. The molecule has 0 aliphatic rings. The summed E-state index contributed by atoms with van der Waals surface area (Å²) in [4.78, 5) is 0. The average Bonchev–Trinajstić information content (AvgIpc) is 2.71. The monoisotopic (exact) mass is 241 g/mol. The summed E-state index contributed by atoms with van der Waals surface area (Å²) in [5, 5.41) is 12.6. The van der Waals surface area contributed by atoms with E-state index in [1.807, 2.05) is 30.3 Å². The lowest BCUT2D eigenvalue weighted by atomic mass is 10.2. The predicted octanol–water partition coefficient (Wildman–Crippen LogP) is 2.15. The van der Waals surface area contributed by atoms with Crippen LogP contribution in [0.15, 0.2) is 34.7 Å². The van der Waals surface area contributed by atoms with Crippen LogP contribution in [0.1, 0.15) is 5.76 Å². The Morgan fingerprint density at radius 1 is 1.29 bits per heavy atom. The quantitative estimate of drug-likeness (QED) is 0.843. The highest BCUT2D eigenvalue weighted by Gasteiger charge is 2.15. The van der Waals surface area contributed by atoms with Gasteiger partial charge in [-0.15, -0.1) is 0 Å². The molecule has 17 heavy (non-hydrogen) atoms. The number of halogens is 2. The summed E-state index contributed by atoms with van der Waals surface area (Å²) in [6, 6.07) is 9.36. The van der Waals surface area contributed by atoms with E-state index >= 15 is 0 Å². The lowest BCUT2D eigenvalue weighted by Crippen LogP contribution is -2.31. The first kappa shape index (κ1) is 12.0. The van der Waals surface area contributed by atoms with Crippen LogP contribution in [0.25, 0.3) is 11.0 Å². The molecule has 1 atom stereocenters. The van der Waals surface area contributed by atoms with Gasteiger partial charge in [-0.05, 0) is 12.1 Å². The lowest BCUT2D eigenvalue weighted by molar-refractivity contribution is -0.00358. The molecule has 5 heteroatoms. The fourth-order valence-corrected chi connectivity index (χ4v) is 1.56. The average molecular weight is 241 g/mol. The highest BCUT2D eigenvalue weighted by Crippen LogP contribution is 2.18. The SMILES string of the molecule is OC(CNCc1cc2ccccc2o1)C(F)F. The minimum absolute atomic E-state index is 0.158. The molecule has 1 aromatic carbocycles. The van der Waals surface area contributed by atoms with E-state index in [-0.39, 0.29) is 6.54 Å². The van der Waals surface area contributed by atoms with Gasteiger partial charge in [0.25, 0.3) is 6.43 Å². The van der Waals surface area contributed by atoms with Gasteiger partial charge in [0.1, 0.15) is 17.4 Å². The van der Waals surface area contributed by atoms with Gasteiger partial charge in [0.2, 0.25) is 0 Å². The summed E-state index contributed by atoms with van der Waals surface area (Å²) in [5.74, 6) is 0.660. The fraction of sp³-hybridized carbons (Fsp3) is 0.333. The Bertz CT molecular complexity index is 451. The zero-order chi connectivity index (χ0) is 12.3. The van der Waals surface area contributed by atoms with Crippen LogP contribution in [0.5, 0.6) is 0 Å². The topological polar surface area (TPSA) is 45.4 Å². The molecule has 2 rings (SSSR count). The van der Waals surface area contributed by atoms with E-state index in [2.05, 4.69) is 5.32 Å². The molecule has 0 aliphatic carbocycles. The maximum absolute atomic E-state index is 12.0. The number of aliphatic hydroxyl groups is 1. The molecule has 0 aliphatic heterocycles. The Balaban J connectivity index is 1.91. The molecule has 2 N–H and O–H groups in total. The Morgan fingerprint density at radius 2 is 2.06 bits per heavy atom. The number of aliphatic hydroxyl groups excluding tert-OH is 1. The summed E-state index contributed by atoms with van der Waals surface area (Å²) < 4.78 is 29.5. The van der Waals surface area contributed by atoms with E-state index < -0.39 is 12.5 Å². The van der Waals surface area contributed by atoms with Crippen molar-refractivity contribution < 1.29 is 18.3 Å². The van der Waals surface area contributed by atoms with Crippen LogP contribution in [0.2, 0.25) is 0 Å². The number of rotatable bonds is 5. The fourth-order valence-electron chi connectivity index (χ4n) is 1.56. The van der Waals surface area contributed by atoms with Crippen LogP contribution in [0, 0.1) is 0 Å². The largest absolute Gasteiger partial charge is 0.460 e. The third-order valence-corrected chi connectivity index (χ3v) is 2.42. The summed E-state index contributed by atoms with van der Waals surface area (Å²) in [6.45, 7) is 0.160. The van der Waals surface area contributed by atoms with Gasteiger partial charge in [-0.3, -0.25) is 0 Å². The summed E-state index contributed by atoms with van der Waals surface area (Å²) >= 11 is 0. The van der Waals surface area contributed by atoms with Crippen molar-refractivity contribution in [3.63, 3.8) is 0 Å². The Labute approximate surface area is 97.0 Å². The molecule has 0 spiro atoms. The van der Waals surface area contributed by atoms with Gasteiger partial charge in [-0.25, -0.2) is 8.78 Å². The molecule has 0 saturated carbocycles. The molecule has 0 fully saturated rings. The van der Waals surface area contributed by atoms with Crippen molar-refractivity contribution >= 4 is 11.0 Å². The van der Waals surface area contributed by atoms with Gasteiger partial charge in [-0.1, -0.05) is 18.2 Å². The smallest absolute Gasteiger partial charge is 0.265 e. The molecule has 1 aromatic heterocycles. The summed E-state index contributed by atoms with van der Waals surface area (Å²) in [5.41, 5.74) is 0.763. The summed E-state index contributed by atoms with van der Waals surface area (Å²) in [7, 11) is 0. The molecule has 0 radical (unpaired) electrons. The van der Waals surface area contributed by atoms with Gasteiger partial charge in [0, 0.05) is 11.9 Å². The first-order valence-electron chi connectivity index (χ1n) is 5.31. The third kappa shape index (κ3) is 3.01. The number of para-hydroxylation sites is 1. The van der Waals surface area contributed by atoms with Gasteiger partial charge in [-0.2, -0.15) is 0 Å². The zero-order valence-corrected chi connectivity index (χ0v) is 9.07. The Morgan fingerprint density at radius 3 is 2.76 bits per heavy atom. The third-order valence-electron chi connectivity index (χ3n) is 2.42. The molecular formula is C12H13F2NO2. The number of benzene rings is 1. The van der Waals surface area contributed by atoms with Crippen molar-refractivity contribution in [3.8, 4) is 0 Å². The molecule has 1 unspecified atom stereocenters. The lowest BCUT2D eigenvalue weighted by Gasteiger charge is -2.09. The van der Waals surface area contributed by atoms with E-state index in [9.17, 15) is 8.78 Å². The highest BCUT2D eigenvalue weighted by molar-refractivity contribution is 5.77. The molecule has 1 heterocycles. The first-order chi connectivity index (χ1) is 8.16. The van der Waals surface area contributed by atoms with Crippen molar-refractivity contribution in [1.82, 2.24) is 5.32 Å². The van der Waals surface area contributed by atoms with Crippen LogP contribution in [0.4, 0.5) is 8.78 Å². The van der Waals surface area contributed by atoms with Gasteiger partial charge < -0.3 is 14.8 Å². The number of alkyl halides is 2. The second-order valence-corrected chi connectivity index (χ2v) is 3.78. The minimum atomic E-state index is -2.72.